The van der Waals surface area contributed by atoms with Crippen LogP contribution in [0.4, 0.5) is 9.18 Å². The molecule has 0 aliphatic carbocycles. The molecule has 0 aromatic heterocycles. The van der Waals surface area contributed by atoms with Gasteiger partial charge < -0.3 is 15.5 Å². The third kappa shape index (κ3) is 5.79. The van der Waals surface area contributed by atoms with Crippen LogP contribution in [0.15, 0.2) is 66.8 Å². The van der Waals surface area contributed by atoms with E-state index < -0.39 is 0 Å². The molecule has 2 aliphatic heterocycles. The minimum atomic E-state index is -0.178. The lowest BCUT2D eigenvalue weighted by atomic mass is 9.88. The molecule has 1 unspecified atom stereocenters. The molecule has 1 fully saturated rings. The molecule has 0 saturated carbocycles. The fourth-order valence-electron chi connectivity index (χ4n) is 3.24. The van der Waals surface area contributed by atoms with Crippen molar-refractivity contribution in [3.63, 3.8) is 0 Å². The minimum Gasteiger partial charge on any atom is -0.333 e. The van der Waals surface area contributed by atoms with Crippen molar-refractivity contribution >= 4 is 6.03 Å². The summed E-state index contributed by atoms with van der Waals surface area (Å²) in [6, 6.07) is 8.15. The Bertz CT molecular complexity index is 697. The van der Waals surface area contributed by atoms with Gasteiger partial charge in [-0.05, 0) is 35.1 Å². The molecule has 0 bridgehead atoms. The average molecular weight is 372 g/mol. The first-order valence-corrected chi connectivity index (χ1v) is 9.31. The molecule has 2 N–H and O–H groups in total. The molecule has 27 heavy (non-hydrogen) atoms. The summed E-state index contributed by atoms with van der Waals surface area (Å²) in [6.45, 7) is 15.2. The molecule has 5 heteroatoms. The molecule has 2 aliphatic rings. The molecule has 3 rings (SSSR count). The number of hydrogen-bond donors (Lipinski definition) is 2. The second kappa shape index (κ2) is 9.51. The number of hydrogen-bond acceptors (Lipinski definition) is 2. The average Bonchev–Trinajstić information content (AvgIpc) is 3.00. The summed E-state index contributed by atoms with van der Waals surface area (Å²) in [5.74, 6) is -0.178. The Morgan fingerprint density at radius 2 is 1.93 bits per heavy atom. The first-order valence-electron chi connectivity index (χ1n) is 9.31. The van der Waals surface area contributed by atoms with Gasteiger partial charge in [0.15, 0.2) is 0 Å². The SMILES string of the molecule is C=CC1=C(C=C)CN(C(=O)NC2CNCC2(C)C)CC1.Fc1ccccc1. The second-order valence-corrected chi connectivity index (χ2v) is 7.55. The highest BCUT2D eigenvalue weighted by molar-refractivity contribution is 5.75. The van der Waals surface area contributed by atoms with Crippen LogP contribution in [-0.4, -0.2) is 43.2 Å². The molecule has 2 heterocycles. The number of rotatable bonds is 3. The maximum Gasteiger partial charge on any atom is 0.317 e. The van der Waals surface area contributed by atoms with Crippen LogP contribution in [0.2, 0.25) is 0 Å². The first-order chi connectivity index (χ1) is 12.9. The third-order valence-corrected chi connectivity index (χ3v) is 5.11. The van der Waals surface area contributed by atoms with Gasteiger partial charge >= 0.3 is 6.03 Å². The van der Waals surface area contributed by atoms with E-state index in [-0.39, 0.29) is 23.3 Å². The van der Waals surface area contributed by atoms with E-state index in [1.54, 1.807) is 18.2 Å². The van der Waals surface area contributed by atoms with Gasteiger partial charge in [0.05, 0.1) is 0 Å². The van der Waals surface area contributed by atoms with Crippen molar-refractivity contribution in [2.24, 2.45) is 5.41 Å². The number of allylic oxidation sites excluding steroid dienone is 1. The summed E-state index contributed by atoms with van der Waals surface area (Å²) in [5, 5.41) is 6.49. The first kappa shape index (κ1) is 20.9. The Morgan fingerprint density at radius 3 is 2.41 bits per heavy atom. The van der Waals surface area contributed by atoms with Crippen LogP contribution in [0.25, 0.3) is 0 Å². The van der Waals surface area contributed by atoms with Gasteiger partial charge in [0.25, 0.3) is 0 Å². The van der Waals surface area contributed by atoms with Gasteiger partial charge in [-0.2, -0.15) is 0 Å². The Balaban J connectivity index is 0.000000313. The Hall–Kier alpha value is -2.40. The van der Waals surface area contributed by atoms with E-state index in [4.69, 9.17) is 0 Å². The molecule has 1 atom stereocenters. The van der Waals surface area contributed by atoms with Crippen molar-refractivity contribution in [1.82, 2.24) is 15.5 Å². The van der Waals surface area contributed by atoms with Crippen molar-refractivity contribution in [3.05, 3.63) is 72.6 Å². The number of halogens is 1. The fraction of sp³-hybridized carbons (Fsp3) is 0.409. The molecule has 1 saturated heterocycles. The number of nitrogens with zero attached hydrogens (tertiary/aromatic N) is 1. The Morgan fingerprint density at radius 1 is 1.26 bits per heavy atom. The van der Waals surface area contributed by atoms with E-state index >= 15 is 0 Å². The Labute approximate surface area is 161 Å². The molecule has 0 radical (unpaired) electrons. The lowest BCUT2D eigenvalue weighted by Crippen LogP contribution is -2.51. The number of nitrogens with one attached hydrogen (secondary N) is 2. The van der Waals surface area contributed by atoms with E-state index in [0.717, 1.165) is 31.6 Å². The predicted octanol–water partition coefficient (Wildman–Crippen LogP) is 3.89. The standard InChI is InChI=1S/C16H25N3O.C6H5F/c1-5-12-7-8-19(10-13(12)6-2)15(20)18-14-9-17-11-16(14,3)4;7-6-4-2-1-3-5-6/h5-6,14,17H,1-2,7-11H2,3-4H3,(H,18,20);1-5H. The van der Waals surface area contributed by atoms with E-state index in [2.05, 4.69) is 37.6 Å². The number of benzene rings is 1. The van der Waals surface area contributed by atoms with Crippen LogP contribution in [0, 0.1) is 11.2 Å². The van der Waals surface area contributed by atoms with E-state index in [1.807, 2.05) is 17.1 Å². The van der Waals surface area contributed by atoms with Crippen LogP contribution < -0.4 is 10.6 Å². The van der Waals surface area contributed by atoms with Crippen LogP contribution in [0.5, 0.6) is 0 Å². The summed E-state index contributed by atoms with van der Waals surface area (Å²) in [6.07, 6.45) is 4.55. The zero-order valence-electron chi connectivity index (χ0n) is 16.3. The summed E-state index contributed by atoms with van der Waals surface area (Å²) in [5.41, 5.74) is 2.41. The van der Waals surface area contributed by atoms with Crippen molar-refractivity contribution in [2.45, 2.75) is 26.3 Å². The zero-order valence-corrected chi connectivity index (χ0v) is 16.3. The van der Waals surface area contributed by atoms with E-state index in [9.17, 15) is 9.18 Å². The highest BCUT2D eigenvalue weighted by atomic mass is 19.1. The molecule has 146 valence electrons. The van der Waals surface area contributed by atoms with Crippen molar-refractivity contribution in [2.75, 3.05) is 26.2 Å². The smallest absolute Gasteiger partial charge is 0.317 e. The molecule has 1 aromatic carbocycles. The summed E-state index contributed by atoms with van der Waals surface area (Å²) in [7, 11) is 0. The molecular weight excluding hydrogens is 341 g/mol. The van der Waals surface area contributed by atoms with Crippen LogP contribution in [0.3, 0.4) is 0 Å². The lowest BCUT2D eigenvalue weighted by molar-refractivity contribution is 0.188. The van der Waals surface area contributed by atoms with Gasteiger partial charge in [-0.1, -0.05) is 57.4 Å². The van der Waals surface area contributed by atoms with Crippen molar-refractivity contribution < 1.29 is 9.18 Å². The van der Waals surface area contributed by atoms with Gasteiger partial charge in [0.1, 0.15) is 5.82 Å². The zero-order chi connectivity index (χ0) is 19.9. The number of carbonyl (C=O) groups is 1. The van der Waals surface area contributed by atoms with Gasteiger partial charge in [-0.15, -0.1) is 0 Å². The van der Waals surface area contributed by atoms with Crippen molar-refractivity contribution in [3.8, 4) is 0 Å². The maximum atomic E-state index is 12.4. The fourth-order valence-corrected chi connectivity index (χ4v) is 3.24. The Kier molecular flexibility index (Phi) is 7.36. The number of carbonyl (C=O) groups excluding carboxylic acids is 1. The molecular formula is C22H30FN3O. The van der Waals surface area contributed by atoms with Crippen LogP contribution in [0.1, 0.15) is 20.3 Å². The second-order valence-electron chi connectivity index (χ2n) is 7.55. The predicted molar refractivity (Wildman–Crippen MR) is 109 cm³/mol. The van der Waals surface area contributed by atoms with Crippen molar-refractivity contribution in [1.29, 1.82) is 0 Å². The number of urea groups is 1. The van der Waals surface area contributed by atoms with E-state index in [0.29, 0.717) is 6.54 Å². The largest absolute Gasteiger partial charge is 0.333 e. The summed E-state index contributed by atoms with van der Waals surface area (Å²) in [4.78, 5) is 14.3. The minimum absolute atomic E-state index is 0.0224. The van der Waals surface area contributed by atoms with Gasteiger partial charge in [-0.3, -0.25) is 0 Å². The molecule has 1 aromatic rings. The number of amides is 2. The normalized spacial score (nSPS) is 21.1. The van der Waals surface area contributed by atoms with Gasteiger partial charge in [-0.25, -0.2) is 9.18 Å². The van der Waals surface area contributed by atoms with Gasteiger partial charge in [0.2, 0.25) is 0 Å². The monoisotopic (exact) mass is 371 g/mol. The van der Waals surface area contributed by atoms with Crippen LogP contribution in [-0.2, 0) is 0 Å². The molecule has 2 amide bonds. The highest BCUT2D eigenvalue weighted by Gasteiger charge is 2.36. The maximum absolute atomic E-state index is 12.4. The van der Waals surface area contributed by atoms with E-state index in [1.165, 1.54) is 17.7 Å². The molecule has 0 spiro atoms. The lowest BCUT2D eigenvalue weighted by Gasteiger charge is -2.33. The van der Waals surface area contributed by atoms with Gasteiger partial charge in [0, 0.05) is 32.2 Å². The topological polar surface area (TPSA) is 44.4 Å². The third-order valence-electron chi connectivity index (χ3n) is 5.11. The summed E-state index contributed by atoms with van der Waals surface area (Å²) >= 11 is 0. The van der Waals surface area contributed by atoms with Crippen LogP contribution >= 0.6 is 0 Å². The highest BCUT2D eigenvalue weighted by Crippen LogP contribution is 2.25. The molecule has 4 nitrogen and oxygen atoms in total. The quantitative estimate of drug-likeness (QED) is 0.847. The summed E-state index contributed by atoms with van der Waals surface area (Å²) < 4.78 is 11.9.